The maximum absolute atomic E-state index is 11.9. The van der Waals surface area contributed by atoms with Gasteiger partial charge < -0.3 is 5.11 Å². The molecule has 0 aliphatic heterocycles. The van der Waals surface area contributed by atoms with E-state index < -0.39 is 47.3 Å². The highest BCUT2D eigenvalue weighted by molar-refractivity contribution is 7.89. The van der Waals surface area contributed by atoms with Gasteiger partial charge in [0.25, 0.3) is 0 Å². The van der Waals surface area contributed by atoms with E-state index in [0.29, 0.717) is 0 Å². The topological polar surface area (TPSA) is 74.7 Å². The van der Waals surface area contributed by atoms with Crippen molar-refractivity contribution in [1.29, 1.82) is 0 Å². The summed E-state index contributed by atoms with van der Waals surface area (Å²) in [5, 5.41) is 8.63. The molecule has 0 saturated carbocycles. The molecular formula is C10H18F3NO4S. The maximum Gasteiger partial charge on any atom is 0.389 e. The van der Waals surface area contributed by atoms with E-state index in [1.165, 1.54) is 0 Å². The molecule has 0 heterocycles. The lowest BCUT2D eigenvalue weighted by molar-refractivity contribution is -0.137. The van der Waals surface area contributed by atoms with Gasteiger partial charge in [-0.15, -0.1) is 0 Å². The number of aliphatic carboxylic acids is 1. The molecule has 0 rings (SSSR count). The van der Waals surface area contributed by atoms with Gasteiger partial charge in [0.05, 0.1) is 5.75 Å². The monoisotopic (exact) mass is 305 g/mol. The van der Waals surface area contributed by atoms with Crippen molar-refractivity contribution >= 4 is 16.0 Å². The van der Waals surface area contributed by atoms with Gasteiger partial charge in [0.1, 0.15) is 6.54 Å². The van der Waals surface area contributed by atoms with Gasteiger partial charge in [-0.3, -0.25) is 4.79 Å². The minimum atomic E-state index is -4.41. The van der Waals surface area contributed by atoms with Crippen LogP contribution in [0.5, 0.6) is 0 Å². The summed E-state index contributed by atoms with van der Waals surface area (Å²) in [4.78, 5) is 10.6. The van der Waals surface area contributed by atoms with Gasteiger partial charge in [-0.2, -0.15) is 17.5 Å². The summed E-state index contributed by atoms with van der Waals surface area (Å²) in [5.41, 5.74) is 0. The molecule has 0 fully saturated rings. The number of rotatable bonds is 8. The maximum atomic E-state index is 11.9. The van der Waals surface area contributed by atoms with Crippen LogP contribution in [0.4, 0.5) is 13.2 Å². The van der Waals surface area contributed by atoms with E-state index in [2.05, 4.69) is 0 Å². The van der Waals surface area contributed by atoms with Crippen LogP contribution in [-0.2, 0) is 14.8 Å². The molecule has 0 aromatic heterocycles. The molecule has 5 nitrogen and oxygen atoms in total. The van der Waals surface area contributed by atoms with Crippen molar-refractivity contribution in [2.75, 3.05) is 18.8 Å². The van der Waals surface area contributed by atoms with Crippen molar-refractivity contribution < 1.29 is 31.5 Å². The highest BCUT2D eigenvalue weighted by atomic mass is 32.2. The van der Waals surface area contributed by atoms with Gasteiger partial charge in [0.15, 0.2) is 0 Å². The first-order chi connectivity index (χ1) is 8.44. The second kappa shape index (κ2) is 7.09. The first-order valence-electron chi connectivity index (χ1n) is 5.70. The predicted molar refractivity (Wildman–Crippen MR) is 63.1 cm³/mol. The van der Waals surface area contributed by atoms with E-state index in [1.54, 1.807) is 13.8 Å². The third-order valence-corrected chi connectivity index (χ3v) is 4.01. The number of alkyl halides is 3. The fourth-order valence-electron chi connectivity index (χ4n) is 1.42. The first-order valence-corrected chi connectivity index (χ1v) is 7.31. The second-order valence-electron chi connectivity index (χ2n) is 4.61. The van der Waals surface area contributed by atoms with Gasteiger partial charge in [-0.25, -0.2) is 8.42 Å². The van der Waals surface area contributed by atoms with Crippen molar-refractivity contribution in [2.24, 2.45) is 5.92 Å². The Bertz CT molecular complexity index is 392. The van der Waals surface area contributed by atoms with Gasteiger partial charge in [-0.1, -0.05) is 13.8 Å². The quantitative estimate of drug-likeness (QED) is 0.740. The third kappa shape index (κ3) is 8.82. The van der Waals surface area contributed by atoms with E-state index >= 15 is 0 Å². The molecule has 0 amide bonds. The average Bonchev–Trinajstić information content (AvgIpc) is 2.12. The number of halogens is 3. The molecule has 0 unspecified atom stereocenters. The smallest absolute Gasteiger partial charge is 0.389 e. The zero-order chi connectivity index (χ0) is 15.3. The Kier molecular flexibility index (Phi) is 6.78. The van der Waals surface area contributed by atoms with Crippen LogP contribution in [0.25, 0.3) is 0 Å². The predicted octanol–water partition coefficient (Wildman–Crippen LogP) is 1.70. The Morgan fingerprint density at radius 2 is 1.84 bits per heavy atom. The van der Waals surface area contributed by atoms with Crippen LogP contribution in [0.3, 0.4) is 0 Å². The molecule has 0 aliphatic carbocycles. The number of hydrogen-bond donors (Lipinski definition) is 1. The lowest BCUT2D eigenvalue weighted by Crippen LogP contribution is -2.39. The van der Waals surface area contributed by atoms with Crippen LogP contribution in [-0.4, -0.2) is 48.8 Å². The Balaban J connectivity index is 4.65. The van der Waals surface area contributed by atoms with Gasteiger partial charge in [0.2, 0.25) is 10.0 Å². The molecule has 1 N–H and O–H groups in total. The fourth-order valence-corrected chi connectivity index (χ4v) is 3.02. The Labute approximate surface area is 110 Å². The van der Waals surface area contributed by atoms with E-state index in [-0.39, 0.29) is 12.5 Å². The highest BCUT2D eigenvalue weighted by Gasteiger charge is 2.30. The largest absolute Gasteiger partial charge is 0.480 e. The molecular weight excluding hydrogens is 287 g/mol. The molecule has 0 aliphatic rings. The lowest BCUT2D eigenvalue weighted by atomic mass is 10.2. The zero-order valence-corrected chi connectivity index (χ0v) is 11.6. The number of carboxylic acids is 1. The number of carboxylic acid groups (broad SMARTS) is 1. The summed E-state index contributed by atoms with van der Waals surface area (Å²) >= 11 is 0. The molecule has 114 valence electrons. The van der Waals surface area contributed by atoms with Crippen LogP contribution in [0.1, 0.15) is 26.7 Å². The lowest BCUT2D eigenvalue weighted by Gasteiger charge is -2.22. The van der Waals surface area contributed by atoms with E-state index in [9.17, 15) is 26.4 Å². The summed E-state index contributed by atoms with van der Waals surface area (Å²) < 4.78 is 60.1. The Morgan fingerprint density at radius 3 is 2.21 bits per heavy atom. The van der Waals surface area contributed by atoms with Gasteiger partial charge >= 0.3 is 12.1 Å². The Hall–Kier alpha value is -0.830. The van der Waals surface area contributed by atoms with E-state index in [0.717, 1.165) is 4.31 Å². The fraction of sp³-hybridized carbons (Fsp3) is 0.900. The summed E-state index contributed by atoms with van der Waals surface area (Å²) in [5.74, 6) is -2.15. The molecule has 0 aromatic rings. The minimum Gasteiger partial charge on any atom is -0.480 e. The van der Waals surface area contributed by atoms with Crippen molar-refractivity contribution in [1.82, 2.24) is 4.31 Å². The molecule has 0 saturated heterocycles. The summed E-state index contributed by atoms with van der Waals surface area (Å²) in [6.45, 7) is 2.63. The van der Waals surface area contributed by atoms with Gasteiger partial charge in [0, 0.05) is 13.0 Å². The average molecular weight is 305 g/mol. The highest BCUT2D eigenvalue weighted by Crippen LogP contribution is 2.22. The number of sulfonamides is 1. The normalized spacial score (nSPS) is 13.2. The van der Waals surface area contributed by atoms with Crippen LogP contribution in [0.15, 0.2) is 0 Å². The molecule has 0 bridgehead atoms. The number of nitrogens with zero attached hydrogens (tertiary/aromatic N) is 1. The number of carbonyl (C=O) groups is 1. The molecule has 0 radical (unpaired) electrons. The molecule has 0 aromatic carbocycles. The minimum absolute atomic E-state index is 0.0271. The number of hydrogen-bond acceptors (Lipinski definition) is 3. The molecule has 19 heavy (non-hydrogen) atoms. The van der Waals surface area contributed by atoms with E-state index in [1.807, 2.05) is 0 Å². The van der Waals surface area contributed by atoms with Crippen molar-refractivity contribution in [3.8, 4) is 0 Å². The molecule has 0 atom stereocenters. The van der Waals surface area contributed by atoms with Crippen LogP contribution in [0.2, 0.25) is 0 Å². The van der Waals surface area contributed by atoms with Crippen LogP contribution < -0.4 is 0 Å². The molecule has 9 heteroatoms. The van der Waals surface area contributed by atoms with Gasteiger partial charge in [-0.05, 0) is 12.3 Å². The summed E-state index contributed by atoms with van der Waals surface area (Å²) in [6.07, 6.45) is -6.18. The van der Waals surface area contributed by atoms with Crippen LogP contribution >= 0.6 is 0 Å². The summed E-state index contributed by atoms with van der Waals surface area (Å²) in [7, 11) is -3.98. The SMILES string of the molecule is CC(C)CN(CC(=O)O)S(=O)(=O)CCCC(F)(F)F. The Morgan fingerprint density at radius 1 is 1.32 bits per heavy atom. The third-order valence-electron chi connectivity index (χ3n) is 2.14. The van der Waals surface area contributed by atoms with Crippen molar-refractivity contribution in [3.63, 3.8) is 0 Å². The van der Waals surface area contributed by atoms with Crippen molar-refractivity contribution in [2.45, 2.75) is 32.9 Å². The van der Waals surface area contributed by atoms with E-state index in [4.69, 9.17) is 5.11 Å². The second-order valence-corrected chi connectivity index (χ2v) is 6.70. The summed E-state index contributed by atoms with van der Waals surface area (Å²) in [6, 6.07) is 0. The first kappa shape index (κ1) is 18.2. The standard InChI is InChI=1S/C10H18F3NO4S/c1-8(2)6-14(7-9(15)16)19(17,18)5-3-4-10(11,12)13/h8H,3-7H2,1-2H3,(H,15,16). The van der Waals surface area contributed by atoms with Crippen LogP contribution in [0, 0.1) is 5.92 Å². The zero-order valence-electron chi connectivity index (χ0n) is 10.8. The van der Waals surface area contributed by atoms with Crippen molar-refractivity contribution in [3.05, 3.63) is 0 Å². The molecule has 0 spiro atoms.